The van der Waals surface area contributed by atoms with E-state index in [0.717, 1.165) is 42.6 Å². The Balaban J connectivity index is 1.80. The molecule has 2 unspecified atom stereocenters. The van der Waals surface area contributed by atoms with Gasteiger partial charge in [0.25, 0.3) is 0 Å². The molecule has 4 heteroatoms. The van der Waals surface area contributed by atoms with Gasteiger partial charge in [-0.25, -0.2) is 0 Å². The van der Waals surface area contributed by atoms with Crippen molar-refractivity contribution in [3.8, 4) is 5.75 Å². The summed E-state index contributed by atoms with van der Waals surface area (Å²) in [4.78, 5) is 0. The van der Waals surface area contributed by atoms with Gasteiger partial charge in [0.2, 0.25) is 0 Å². The topological polar surface area (TPSA) is 58.9 Å². The zero-order chi connectivity index (χ0) is 14.4. The average molecular weight is 280 g/mol. The van der Waals surface area contributed by atoms with E-state index in [1.54, 1.807) is 0 Å². The molecule has 112 valence electrons. The normalized spacial score (nSPS) is 18.9. The Bertz CT molecular complexity index is 419. The van der Waals surface area contributed by atoms with Gasteiger partial charge in [-0.15, -0.1) is 0 Å². The first kappa shape index (κ1) is 15.3. The molecule has 0 fully saturated rings. The summed E-state index contributed by atoms with van der Waals surface area (Å²) in [5.74, 6) is 0.770. The van der Waals surface area contributed by atoms with Gasteiger partial charge in [-0.3, -0.25) is 0 Å². The van der Waals surface area contributed by atoms with E-state index < -0.39 is 6.10 Å². The van der Waals surface area contributed by atoms with Crippen molar-refractivity contribution in [3.63, 3.8) is 0 Å². The van der Waals surface area contributed by atoms with Gasteiger partial charge in [0, 0.05) is 12.2 Å². The minimum Gasteiger partial charge on any atom is -0.491 e. The first-order valence-electron chi connectivity index (χ1n) is 7.40. The fourth-order valence-electron chi connectivity index (χ4n) is 2.43. The molecule has 0 heterocycles. The second-order valence-corrected chi connectivity index (χ2v) is 5.27. The lowest BCUT2D eigenvalue weighted by atomic mass is 10.1. The number of aliphatic hydroxyl groups excluding tert-OH is 2. The average Bonchev–Trinajstić information content (AvgIpc) is 2.84. The molecule has 1 aromatic rings. The van der Waals surface area contributed by atoms with Crippen molar-refractivity contribution in [2.45, 2.75) is 44.8 Å². The summed E-state index contributed by atoms with van der Waals surface area (Å²) in [5, 5.41) is 19.6. The number of rotatable bonds is 8. The highest BCUT2D eigenvalue weighted by Gasteiger charge is 2.23. The number of aliphatic hydroxyl groups is 2. The van der Waals surface area contributed by atoms with Crippen LogP contribution in [0.4, 0.5) is 0 Å². The molecular weight excluding hydrogens is 256 g/mol. The summed E-state index contributed by atoms with van der Waals surface area (Å²) >= 11 is 0. The first-order chi connectivity index (χ1) is 9.72. The van der Waals surface area contributed by atoms with Crippen molar-refractivity contribution in [2.75, 3.05) is 19.8 Å². The largest absolute Gasteiger partial charge is 0.491 e. The summed E-state index contributed by atoms with van der Waals surface area (Å²) in [7, 11) is 0. The number of hydrogen-bond donors (Lipinski definition) is 2. The van der Waals surface area contributed by atoms with Crippen LogP contribution in [0.1, 0.15) is 43.4 Å². The Labute approximate surface area is 120 Å². The van der Waals surface area contributed by atoms with E-state index in [1.165, 1.54) is 0 Å². The molecule has 2 atom stereocenters. The van der Waals surface area contributed by atoms with Crippen molar-refractivity contribution < 1.29 is 19.7 Å². The Hall–Kier alpha value is -1.10. The van der Waals surface area contributed by atoms with Crippen molar-refractivity contribution >= 4 is 0 Å². The second kappa shape index (κ2) is 7.62. The maximum atomic E-state index is 9.82. The van der Waals surface area contributed by atoms with Crippen LogP contribution in [0.3, 0.4) is 0 Å². The molecule has 0 aliphatic heterocycles. The minimum atomic E-state index is -0.617. The lowest BCUT2D eigenvalue weighted by Gasteiger charge is -2.15. The molecule has 0 aromatic heterocycles. The maximum Gasteiger partial charge on any atom is 0.122 e. The molecule has 1 aromatic carbocycles. The van der Waals surface area contributed by atoms with Crippen LogP contribution in [0.25, 0.3) is 0 Å². The van der Waals surface area contributed by atoms with Crippen molar-refractivity contribution in [2.24, 2.45) is 0 Å². The predicted molar refractivity (Wildman–Crippen MR) is 77.0 cm³/mol. The highest BCUT2D eigenvalue weighted by molar-refractivity contribution is 5.44. The van der Waals surface area contributed by atoms with Crippen LogP contribution in [-0.4, -0.2) is 36.1 Å². The Kier molecular flexibility index (Phi) is 5.83. The monoisotopic (exact) mass is 280 g/mol. The van der Waals surface area contributed by atoms with Gasteiger partial charge in [0.15, 0.2) is 0 Å². The molecule has 0 saturated carbocycles. The predicted octanol–water partition coefficient (Wildman–Crippen LogP) is 2.22. The third kappa shape index (κ3) is 3.95. The fraction of sp³-hybridized carbons (Fsp3) is 0.625. The Morgan fingerprint density at radius 2 is 2.20 bits per heavy atom. The summed E-state index contributed by atoms with van der Waals surface area (Å²) in [6.45, 7) is 3.31. The van der Waals surface area contributed by atoms with Crippen molar-refractivity contribution in [1.82, 2.24) is 0 Å². The van der Waals surface area contributed by atoms with Gasteiger partial charge >= 0.3 is 0 Å². The van der Waals surface area contributed by atoms with Crippen LogP contribution in [0.15, 0.2) is 18.2 Å². The van der Waals surface area contributed by atoms with Crippen molar-refractivity contribution in [3.05, 3.63) is 29.3 Å². The van der Waals surface area contributed by atoms with Gasteiger partial charge < -0.3 is 19.7 Å². The van der Waals surface area contributed by atoms with Crippen LogP contribution in [0, 0.1) is 0 Å². The Morgan fingerprint density at radius 1 is 1.35 bits per heavy atom. The third-order valence-corrected chi connectivity index (χ3v) is 3.58. The molecule has 0 spiro atoms. The van der Waals surface area contributed by atoms with Crippen LogP contribution < -0.4 is 4.74 Å². The molecule has 1 aliphatic rings. The summed E-state index contributed by atoms with van der Waals surface area (Å²) in [6.07, 6.45) is 2.68. The minimum absolute atomic E-state index is 0.221. The smallest absolute Gasteiger partial charge is 0.122 e. The standard InChI is InChI=1S/C16H24O4/c1-2-3-9-19-10-12(17)11-20-16-6-4-5-13-14(16)7-8-15(13)18/h4-6,12,15,17-18H,2-3,7-11H2,1H3. The molecule has 0 amide bonds. The van der Waals surface area contributed by atoms with Gasteiger partial charge in [-0.1, -0.05) is 25.5 Å². The fourth-order valence-corrected chi connectivity index (χ4v) is 2.43. The molecule has 0 saturated heterocycles. The molecule has 1 aliphatic carbocycles. The number of unbranched alkanes of at least 4 members (excludes halogenated alkanes) is 1. The molecule has 2 rings (SSSR count). The van der Waals surface area contributed by atoms with Crippen LogP contribution in [0.2, 0.25) is 0 Å². The first-order valence-corrected chi connectivity index (χ1v) is 7.40. The van der Waals surface area contributed by atoms with Gasteiger partial charge in [0.1, 0.15) is 18.5 Å². The van der Waals surface area contributed by atoms with E-state index in [0.29, 0.717) is 13.2 Å². The highest BCUT2D eigenvalue weighted by Crippen LogP contribution is 2.36. The van der Waals surface area contributed by atoms with Crippen LogP contribution in [-0.2, 0) is 11.2 Å². The Morgan fingerprint density at radius 3 is 3.00 bits per heavy atom. The lowest BCUT2D eigenvalue weighted by Crippen LogP contribution is -2.24. The van der Waals surface area contributed by atoms with E-state index >= 15 is 0 Å². The zero-order valence-electron chi connectivity index (χ0n) is 12.0. The number of fused-ring (bicyclic) bond motifs is 1. The highest BCUT2D eigenvalue weighted by atomic mass is 16.5. The quantitative estimate of drug-likeness (QED) is 0.717. The van der Waals surface area contributed by atoms with Gasteiger partial charge in [-0.05, 0) is 30.9 Å². The van der Waals surface area contributed by atoms with E-state index in [9.17, 15) is 10.2 Å². The zero-order valence-corrected chi connectivity index (χ0v) is 12.0. The molecular formula is C16H24O4. The molecule has 0 radical (unpaired) electrons. The van der Waals surface area contributed by atoms with Gasteiger partial charge in [-0.2, -0.15) is 0 Å². The third-order valence-electron chi connectivity index (χ3n) is 3.58. The number of hydrogen-bond acceptors (Lipinski definition) is 4. The van der Waals surface area contributed by atoms with E-state index in [2.05, 4.69) is 6.92 Å². The molecule has 20 heavy (non-hydrogen) atoms. The van der Waals surface area contributed by atoms with E-state index in [1.807, 2.05) is 18.2 Å². The lowest BCUT2D eigenvalue weighted by molar-refractivity contribution is 0.0111. The van der Waals surface area contributed by atoms with Crippen LogP contribution in [0.5, 0.6) is 5.75 Å². The number of benzene rings is 1. The SMILES string of the molecule is CCCCOCC(O)COc1cccc2c1CCC2O. The van der Waals surface area contributed by atoms with Crippen molar-refractivity contribution in [1.29, 1.82) is 0 Å². The van der Waals surface area contributed by atoms with Gasteiger partial charge in [0.05, 0.1) is 12.7 Å². The number of ether oxygens (including phenoxy) is 2. The maximum absolute atomic E-state index is 9.82. The molecule has 2 N–H and O–H groups in total. The summed E-state index contributed by atoms with van der Waals surface area (Å²) < 4.78 is 11.0. The van der Waals surface area contributed by atoms with Crippen LogP contribution >= 0.6 is 0 Å². The summed E-state index contributed by atoms with van der Waals surface area (Å²) in [5.41, 5.74) is 2.02. The van der Waals surface area contributed by atoms with E-state index in [4.69, 9.17) is 9.47 Å². The molecule has 0 bridgehead atoms. The van der Waals surface area contributed by atoms with E-state index in [-0.39, 0.29) is 12.7 Å². The summed E-state index contributed by atoms with van der Waals surface area (Å²) in [6, 6.07) is 5.71. The molecule has 4 nitrogen and oxygen atoms in total. The second-order valence-electron chi connectivity index (χ2n) is 5.27.